The van der Waals surface area contributed by atoms with E-state index in [4.69, 9.17) is 5.73 Å². The van der Waals surface area contributed by atoms with E-state index in [1.54, 1.807) is 12.1 Å². The molecule has 96 valence electrons. The molecule has 1 spiro atoms. The summed E-state index contributed by atoms with van der Waals surface area (Å²) >= 11 is 0. The van der Waals surface area contributed by atoms with Gasteiger partial charge in [0.25, 0.3) is 0 Å². The fourth-order valence-electron chi connectivity index (χ4n) is 3.46. The number of nitrogens with two attached hydrogens (primary N) is 1. The van der Waals surface area contributed by atoms with E-state index < -0.39 is 0 Å². The molecule has 0 aromatic heterocycles. The molecule has 3 nitrogen and oxygen atoms in total. The van der Waals surface area contributed by atoms with Crippen LogP contribution in [0.25, 0.3) is 0 Å². The maximum absolute atomic E-state index is 13.3. The van der Waals surface area contributed by atoms with Crippen LogP contribution in [0.2, 0.25) is 0 Å². The molecule has 1 aromatic rings. The molecule has 0 saturated carbocycles. The van der Waals surface area contributed by atoms with Crippen molar-refractivity contribution in [3.8, 4) is 0 Å². The van der Waals surface area contributed by atoms with E-state index in [1.165, 1.54) is 5.56 Å². The third-order valence-electron chi connectivity index (χ3n) is 4.10. The van der Waals surface area contributed by atoms with Crippen molar-refractivity contribution in [2.75, 3.05) is 6.54 Å². The van der Waals surface area contributed by atoms with Crippen molar-refractivity contribution in [1.82, 2.24) is 4.90 Å². The highest BCUT2D eigenvalue weighted by molar-refractivity contribution is 5.82. The van der Waals surface area contributed by atoms with Gasteiger partial charge in [0.05, 0.1) is 12.1 Å². The summed E-state index contributed by atoms with van der Waals surface area (Å²) in [6, 6.07) is 5.39. The summed E-state index contributed by atoms with van der Waals surface area (Å²) in [7, 11) is 0. The van der Waals surface area contributed by atoms with Crippen LogP contribution in [0.5, 0.6) is 0 Å². The fourth-order valence-corrected chi connectivity index (χ4v) is 3.46. The van der Waals surface area contributed by atoms with Gasteiger partial charge in [-0.05, 0) is 49.9 Å². The molecule has 0 fully saturated rings. The third-order valence-corrected chi connectivity index (χ3v) is 4.10. The van der Waals surface area contributed by atoms with Crippen molar-refractivity contribution in [1.29, 1.82) is 0 Å². The molecule has 0 radical (unpaired) electrons. The first kappa shape index (κ1) is 11.5. The van der Waals surface area contributed by atoms with Crippen LogP contribution >= 0.6 is 0 Å². The van der Waals surface area contributed by atoms with Gasteiger partial charge in [-0.2, -0.15) is 0 Å². The first-order chi connectivity index (χ1) is 8.54. The quantitative estimate of drug-likeness (QED) is 0.824. The minimum absolute atomic E-state index is 0.138. The topological polar surface area (TPSA) is 41.6 Å². The number of aryl methyl sites for hydroxylation is 1. The third kappa shape index (κ3) is 1.38. The van der Waals surface area contributed by atoms with Crippen molar-refractivity contribution >= 4 is 5.96 Å². The van der Waals surface area contributed by atoms with Crippen LogP contribution in [0.1, 0.15) is 31.4 Å². The molecule has 0 saturated heterocycles. The molecular weight excluding hydrogens is 229 g/mol. The largest absolute Gasteiger partial charge is 0.370 e. The SMILES string of the molecule is CC(C)N1C(N)=NCC12CCc1cc(F)ccc12. The number of fused-ring (bicyclic) bond motifs is 2. The Morgan fingerprint density at radius 1 is 1.44 bits per heavy atom. The summed E-state index contributed by atoms with van der Waals surface area (Å²) < 4.78 is 13.3. The second kappa shape index (κ2) is 3.70. The highest BCUT2D eigenvalue weighted by Crippen LogP contribution is 2.45. The maximum Gasteiger partial charge on any atom is 0.192 e. The van der Waals surface area contributed by atoms with Crippen molar-refractivity contribution < 1.29 is 4.39 Å². The van der Waals surface area contributed by atoms with E-state index in [2.05, 4.69) is 23.7 Å². The van der Waals surface area contributed by atoms with E-state index in [0.717, 1.165) is 18.4 Å². The van der Waals surface area contributed by atoms with E-state index in [1.807, 2.05) is 6.07 Å². The van der Waals surface area contributed by atoms with Gasteiger partial charge in [-0.15, -0.1) is 0 Å². The number of halogens is 1. The number of nitrogens with zero attached hydrogens (tertiary/aromatic N) is 2. The fraction of sp³-hybridized carbons (Fsp3) is 0.500. The Bertz CT molecular complexity index is 524. The van der Waals surface area contributed by atoms with Gasteiger partial charge >= 0.3 is 0 Å². The molecule has 0 amide bonds. The van der Waals surface area contributed by atoms with Crippen molar-refractivity contribution in [3.05, 3.63) is 35.1 Å². The lowest BCUT2D eigenvalue weighted by atomic mass is 9.90. The highest BCUT2D eigenvalue weighted by Gasteiger charge is 2.48. The molecular formula is C14H18FN3. The molecule has 1 aliphatic heterocycles. The molecule has 0 bridgehead atoms. The highest BCUT2D eigenvalue weighted by atomic mass is 19.1. The Morgan fingerprint density at radius 2 is 2.22 bits per heavy atom. The molecule has 4 heteroatoms. The van der Waals surface area contributed by atoms with Crippen LogP contribution in [0, 0.1) is 5.82 Å². The van der Waals surface area contributed by atoms with Gasteiger partial charge < -0.3 is 10.6 Å². The summed E-state index contributed by atoms with van der Waals surface area (Å²) in [4.78, 5) is 6.61. The maximum atomic E-state index is 13.3. The van der Waals surface area contributed by atoms with E-state index >= 15 is 0 Å². The van der Waals surface area contributed by atoms with Gasteiger partial charge in [0, 0.05) is 6.04 Å². The molecule has 1 heterocycles. The van der Waals surface area contributed by atoms with Crippen LogP contribution in [-0.2, 0) is 12.0 Å². The van der Waals surface area contributed by atoms with Gasteiger partial charge in [-0.3, -0.25) is 4.99 Å². The number of rotatable bonds is 1. The average molecular weight is 247 g/mol. The Balaban J connectivity index is 2.10. The molecule has 1 aromatic carbocycles. The Hall–Kier alpha value is -1.58. The van der Waals surface area contributed by atoms with Crippen LogP contribution in [0.15, 0.2) is 23.2 Å². The van der Waals surface area contributed by atoms with Crippen molar-refractivity contribution in [2.45, 2.75) is 38.3 Å². The van der Waals surface area contributed by atoms with Gasteiger partial charge in [-0.25, -0.2) is 4.39 Å². The second-order valence-electron chi connectivity index (χ2n) is 5.47. The first-order valence-electron chi connectivity index (χ1n) is 6.43. The molecule has 3 rings (SSSR count). The number of benzene rings is 1. The molecule has 2 N–H and O–H groups in total. The van der Waals surface area contributed by atoms with Crippen LogP contribution in [-0.4, -0.2) is 23.4 Å². The zero-order valence-corrected chi connectivity index (χ0v) is 10.8. The lowest BCUT2D eigenvalue weighted by Crippen LogP contribution is -2.51. The molecule has 1 unspecified atom stereocenters. The standard InChI is InChI=1S/C14H18FN3/c1-9(2)18-13(16)17-8-14(18)6-5-10-7-11(15)3-4-12(10)14/h3-4,7,9H,5-6,8H2,1-2H3,(H2,16,17). The van der Waals surface area contributed by atoms with E-state index in [9.17, 15) is 4.39 Å². The predicted octanol–water partition coefficient (Wildman–Crippen LogP) is 2.01. The molecule has 1 aliphatic carbocycles. The van der Waals surface area contributed by atoms with Gasteiger partial charge in [0.15, 0.2) is 5.96 Å². The predicted molar refractivity (Wildman–Crippen MR) is 69.9 cm³/mol. The Labute approximate surface area is 106 Å². The lowest BCUT2D eigenvalue weighted by Gasteiger charge is -2.40. The second-order valence-corrected chi connectivity index (χ2v) is 5.47. The minimum atomic E-state index is -0.159. The van der Waals surface area contributed by atoms with E-state index in [0.29, 0.717) is 18.5 Å². The zero-order chi connectivity index (χ0) is 12.9. The van der Waals surface area contributed by atoms with Crippen LogP contribution in [0.4, 0.5) is 4.39 Å². The molecule has 18 heavy (non-hydrogen) atoms. The lowest BCUT2D eigenvalue weighted by molar-refractivity contribution is 0.165. The first-order valence-corrected chi connectivity index (χ1v) is 6.43. The number of hydrogen-bond acceptors (Lipinski definition) is 3. The van der Waals surface area contributed by atoms with Crippen LogP contribution < -0.4 is 5.73 Å². The summed E-state index contributed by atoms with van der Waals surface area (Å²) in [6.45, 7) is 4.93. The Kier molecular flexibility index (Phi) is 2.37. The van der Waals surface area contributed by atoms with E-state index in [-0.39, 0.29) is 11.4 Å². The van der Waals surface area contributed by atoms with Crippen molar-refractivity contribution in [3.63, 3.8) is 0 Å². The van der Waals surface area contributed by atoms with Gasteiger partial charge in [0.2, 0.25) is 0 Å². The van der Waals surface area contributed by atoms with Crippen LogP contribution in [0.3, 0.4) is 0 Å². The number of guanidine groups is 1. The van der Waals surface area contributed by atoms with Crippen molar-refractivity contribution in [2.24, 2.45) is 10.7 Å². The average Bonchev–Trinajstić information content (AvgIpc) is 2.82. The Morgan fingerprint density at radius 3 is 2.94 bits per heavy atom. The summed E-state index contributed by atoms with van der Waals surface area (Å²) in [5, 5.41) is 0. The smallest absolute Gasteiger partial charge is 0.192 e. The normalized spacial score (nSPS) is 26.0. The van der Waals surface area contributed by atoms with Gasteiger partial charge in [0.1, 0.15) is 5.82 Å². The summed E-state index contributed by atoms with van der Waals surface area (Å²) in [6.07, 6.45) is 1.87. The molecule has 2 aliphatic rings. The summed E-state index contributed by atoms with van der Waals surface area (Å²) in [5.74, 6) is 0.455. The number of aliphatic imine (C=N–C) groups is 1. The zero-order valence-electron chi connectivity index (χ0n) is 10.8. The van der Waals surface area contributed by atoms with Gasteiger partial charge in [-0.1, -0.05) is 6.07 Å². The summed E-state index contributed by atoms with van der Waals surface area (Å²) in [5.41, 5.74) is 8.18. The monoisotopic (exact) mass is 247 g/mol. The minimum Gasteiger partial charge on any atom is -0.370 e. The molecule has 1 atom stereocenters. The number of hydrogen-bond donors (Lipinski definition) is 1.